The fraction of sp³-hybridized carbons (Fsp3) is 0.0714. The number of rotatable bonds is 2. The van der Waals surface area contributed by atoms with Crippen LogP contribution in [-0.2, 0) is 0 Å². The highest BCUT2D eigenvalue weighted by Gasteiger charge is 2.07. The van der Waals surface area contributed by atoms with Crippen LogP contribution in [0.25, 0.3) is 11.1 Å². The van der Waals surface area contributed by atoms with E-state index in [0.29, 0.717) is 11.3 Å². The van der Waals surface area contributed by atoms with E-state index in [2.05, 4.69) is 0 Å². The third kappa shape index (κ3) is 2.28. The minimum atomic E-state index is -0.445. The van der Waals surface area contributed by atoms with Crippen molar-refractivity contribution in [3.05, 3.63) is 53.6 Å². The van der Waals surface area contributed by atoms with E-state index in [-0.39, 0.29) is 0 Å². The van der Waals surface area contributed by atoms with Crippen molar-refractivity contribution in [2.24, 2.45) is 5.73 Å². The Morgan fingerprint density at radius 2 is 1.88 bits per heavy atom. The highest BCUT2D eigenvalue weighted by atomic mass is 16.1. The molecule has 0 spiro atoms. The molecule has 0 saturated heterocycles. The molecule has 2 aromatic carbocycles. The Balaban J connectivity index is 2.58. The topological polar surface area (TPSA) is 69.1 Å². The number of nitrogen functional groups attached to an aromatic ring is 1. The Kier molecular flexibility index (Phi) is 2.83. The van der Waals surface area contributed by atoms with Gasteiger partial charge in [-0.05, 0) is 30.7 Å². The summed E-state index contributed by atoms with van der Waals surface area (Å²) >= 11 is 0. The number of anilines is 1. The molecular formula is C14H14N2O. The molecule has 3 nitrogen and oxygen atoms in total. The molecule has 0 aliphatic rings. The second-order valence-electron chi connectivity index (χ2n) is 4.04. The van der Waals surface area contributed by atoms with Crippen LogP contribution >= 0.6 is 0 Å². The van der Waals surface area contributed by atoms with E-state index in [1.807, 2.05) is 31.2 Å². The van der Waals surface area contributed by atoms with Crippen LogP contribution in [0.5, 0.6) is 0 Å². The quantitative estimate of drug-likeness (QED) is 0.772. The number of hydrogen-bond acceptors (Lipinski definition) is 2. The van der Waals surface area contributed by atoms with E-state index in [1.54, 1.807) is 18.2 Å². The molecule has 0 aromatic heterocycles. The van der Waals surface area contributed by atoms with Crippen LogP contribution in [0.4, 0.5) is 5.69 Å². The summed E-state index contributed by atoms with van der Waals surface area (Å²) in [6.07, 6.45) is 0. The van der Waals surface area contributed by atoms with Crippen LogP contribution in [0.1, 0.15) is 15.9 Å². The van der Waals surface area contributed by atoms with Crippen molar-refractivity contribution in [2.45, 2.75) is 6.92 Å². The van der Waals surface area contributed by atoms with Crippen molar-refractivity contribution in [3.63, 3.8) is 0 Å². The Morgan fingerprint density at radius 1 is 1.12 bits per heavy atom. The molecule has 17 heavy (non-hydrogen) atoms. The molecule has 0 aliphatic heterocycles. The summed E-state index contributed by atoms with van der Waals surface area (Å²) in [4.78, 5) is 11.1. The molecule has 2 aromatic rings. The molecule has 0 atom stereocenters. The van der Waals surface area contributed by atoms with Crippen LogP contribution in [0.2, 0.25) is 0 Å². The SMILES string of the molecule is Cc1cccc(-c2cc(C(N)=O)ccc2N)c1. The zero-order valence-electron chi connectivity index (χ0n) is 9.60. The first-order valence-electron chi connectivity index (χ1n) is 5.34. The number of nitrogens with two attached hydrogens (primary N) is 2. The summed E-state index contributed by atoms with van der Waals surface area (Å²) in [5, 5.41) is 0. The Bertz CT molecular complexity index is 576. The number of amides is 1. The lowest BCUT2D eigenvalue weighted by atomic mass is 9.99. The third-order valence-corrected chi connectivity index (χ3v) is 2.67. The monoisotopic (exact) mass is 226 g/mol. The smallest absolute Gasteiger partial charge is 0.248 e. The Labute approximate surface area is 100 Å². The van der Waals surface area contributed by atoms with E-state index in [0.717, 1.165) is 16.7 Å². The van der Waals surface area contributed by atoms with Gasteiger partial charge in [-0.3, -0.25) is 4.79 Å². The zero-order valence-corrected chi connectivity index (χ0v) is 9.60. The third-order valence-electron chi connectivity index (χ3n) is 2.67. The fourth-order valence-electron chi connectivity index (χ4n) is 1.77. The largest absolute Gasteiger partial charge is 0.398 e. The standard InChI is InChI=1S/C14H14N2O/c1-9-3-2-4-10(7-9)12-8-11(14(16)17)5-6-13(12)15/h2-8H,15H2,1H3,(H2,16,17). The number of aryl methyl sites for hydroxylation is 1. The first-order chi connectivity index (χ1) is 8.08. The molecule has 3 heteroatoms. The number of primary amides is 1. The zero-order chi connectivity index (χ0) is 12.4. The first-order valence-corrected chi connectivity index (χ1v) is 5.34. The van der Waals surface area contributed by atoms with Crippen molar-refractivity contribution >= 4 is 11.6 Å². The molecule has 0 aliphatic carbocycles. The first kappa shape index (κ1) is 11.2. The average Bonchev–Trinajstić information content (AvgIpc) is 2.29. The highest BCUT2D eigenvalue weighted by molar-refractivity contribution is 5.95. The van der Waals surface area contributed by atoms with Gasteiger partial charge in [-0.25, -0.2) is 0 Å². The molecule has 86 valence electrons. The number of carbonyl (C=O) groups is 1. The molecule has 0 heterocycles. The highest BCUT2D eigenvalue weighted by Crippen LogP contribution is 2.27. The lowest BCUT2D eigenvalue weighted by molar-refractivity contribution is 0.100. The molecule has 0 bridgehead atoms. The summed E-state index contributed by atoms with van der Waals surface area (Å²) in [6.45, 7) is 2.01. The summed E-state index contributed by atoms with van der Waals surface area (Å²) in [6, 6.07) is 13.0. The van der Waals surface area contributed by atoms with E-state index in [4.69, 9.17) is 11.5 Å². The van der Waals surface area contributed by atoms with Gasteiger partial charge in [0.1, 0.15) is 0 Å². The second-order valence-corrected chi connectivity index (χ2v) is 4.04. The maximum Gasteiger partial charge on any atom is 0.248 e. The van der Waals surface area contributed by atoms with E-state index in [1.165, 1.54) is 0 Å². The van der Waals surface area contributed by atoms with Crippen LogP contribution in [0.15, 0.2) is 42.5 Å². The maximum absolute atomic E-state index is 11.1. The van der Waals surface area contributed by atoms with Crippen LogP contribution in [0.3, 0.4) is 0 Å². The van der Waals surface area contributed by atoms with Crippen molar-refractivity contribution < 1.29 is 4.79 Å². The minimum absolute atomic E-state index is 0.445. The Morgan fingerprint density at radius 3 is 2.53 bits per heavy atom. The lowest BCUT2D eigenvalue weighted by Gasteiger charge is -2.08. The van der Waals surface area contributed by atoms with Crippen molar-refractivity contribution in [2.75, 3.05) is 5.73 Å². The van der Waals surface area contributed by atoms with E-state index >= 15 is 0 Å². The number of carbonyl (C=O) groups excluding carboxylic acids is 1. The van der Waals surface area contributed by atoms with Gasteiger partial charge in [0.2, 0.25) is 5.91 Å². The summed E-state index contributed by atoms with van der Waals surface area (Å²) in [5.74, 6) is -0.445. The maximum atomic E-state index is 11.1. The number of benzene rings is 2. The molecule has 0 radical (unpaired) electrons. The average molecular weight is 226 g/mol. The van der Waals surface area contributed by atoms with Crippen LogP contribution in [0, 0.1) is 6.92 Å². The van der Waals surface area contributed by atoms with Crippen molar-refractivity contribution in [1.82, 2.24) is 0 Å². The minimum Gasteiger partial charge on any atom is -0.398 e. The molecular weight excluding hydrogens is 212 g/mol. The van der Waals surface area contributed by atoms with Gasteiger partial charge in [-0.2, -0.15) is 0 Å². The molecule has 0 saturated carbocycles. The normalized spacial score (nSPS) is 10.2. The molecule has 0 unspecified atom stereocenters. The molecule has 0 fully saturated rings. The van der Waals surface area contributed by atoms with Gasteiger partial charge in [0.05, 0.1) is 0 Å². The van der Waals surface area contributed by atoms with Crippen molar-refractivity contribution in [1.29, 1.82) is 0 Å². The van der Waals surface area contributed by atoms with Gasteiger partial charge in [-0.1, -0.05) is 29.8 Å². The van der Waals surface area contributed by atoms with E-state index in [9.17, 15) is 4.79 Å². The molecule has 1 amide bonds. The van der Waals surface area contributed by atoms with Gasteiger partial charge >= 0.3 is 0 Å². The van der Waals surface area contributed by atoms with Crippen LogP contribution in [-0.4, -0.2) is 5.91 Å². The predicted molar refractivity (Wildman–Crippen MR) is 69.5 cm³/mol. The van der Waals surface area contributed by atoms with Gasteiger partial charge in [-0.15, -0.1) is 0 Å². The summed E-state index contributed by atoms with van der Waals surface area (Å²) in [7, 11) is 0. The van der Waals surface area contributed by atoms with Crippen molar-refractivity contribution in [3.8, 4) is 11.1 Å². The van der Waals surface area contributed by atoms with Gasteiger partial charge < -0.3 is 11.5 Å². The lowest BCUT2D eigenvalue weighted by Crippen LogP contribution is -2.11. The van der Waals surface area contributed by atoms with Crippen LogP contribution < -0.4 is 11.5 Å². The molecule has 4 N–H and O–H groups in total. The second kappa shape index (κ2) is 4.29. The summed E-state index contributed by atoms with van der Waals surface area (Å²) in [5.41, 5.74) is 15.3. The fourth-order valence-corrected chi connectivity index (χ4v) is 1.77. The van der Waals surface area contributed by atoms with Gasteiger partial charge in [0, 0.05) is 16.8 Å². The predicted octanol–water partition coefficient (Wildman–Crippen LogP) is 2.34. The Hall–Kier alpha value is -2.29. The van der Waals surface area contributed by atoms with E-state index < -0.39 is 5.91 Å². The number of hydrogen-bond donors (Lipinski definition) is 2. The van der Waals surface area contributed by atoms with Gasteiger partial charge in [0.15, 0.2) is 0 Å². The molecule has 2 rings (SSSR count). The van der Waals surface area contributed by atoms with Gasteiger partial charge in [0.25, 0.3) is 0 Å². The summed E-state index contributed by atoms with van der Waals surface area (Å²) < 4.78 is 0.